The molecule has 1 aliphatic heterocycles. The van der Waals surface area contributed by atoms with Gasteiger partial charge in [-0.25, -0.2) is 4.39 Å². The Morgan fingerprint density at radius 1 is 1.39 bits per heavy atom. The minimum absolute atomic E-state index is 0.0810. The van der Waals surface area contributed by atoms with Crippen LogP contribution in [0.2, 0.25) is 0 Å². The van der Waals surface area contributed by atoms with Crippen LogP contribution in [0.3, 0.4) is 0 Å². The highest BCUT2D eigenvalue weighted by Crippen LogP contribution is 2.23. The summed E-state index contributed by atoms with van der Waals surface area (Å²) < 4.78 is 20.2. The van der Waals surface area contributed by atoms with Crippen LogP contribution >= 0.6 is 0 Å². The van der Waals surface area contributed by atoms with Gasteiger partial charge in [-0.05, 0) is 37.0 Å². The number of methoxy groups -OCH3 is 1. The van der Waals surface area contributed by atoms with Crippen molar-refractivity contribution >= 4 is 5.91 Å². The number of hydrogen-bond acceptors (Lipinski definition) is 4. The summed E-state index contributed by atoms with van der Waals surface area (Å²) in [5, 5.41) is 7.78. The maximum atomic E-state index is 13.4. The molecule has 7 heteroatoms. The van der Waals surface area contributed by atoms with Crippen LogP contribution in [0, 0.1) is 11.7 Å². The van der Waals surface area contributed by atoms with Crippen molar-refractivity contribution in [3.8, 4) is 5.75 Å². The van der Waals surface area contributed by atoms with Crippen LogP contribution < -0.4 is 4.74 Å². The number of ether oxygens (including phenoxy) is 1. The highest BCUT2D eigenvalue weighted by molar-refractivity contribution is 5.94. The number of benzene rings is 1. The monoisotopic (exact) mass is 318 g/mol. The molecule has 0 saturated carbocycles. The number of rotatable bonds is 4. The molecule has 23 heavy (non-hydrogen) atoms. The molecule has 0 spiro atoms. The highest BCUT2D eigenvalue weighted by atomic mass is 19.1. The second-order valence-electron chi connectivity index (χ2n) is 5.71. The third kappa shape index (κ3) is 3.49. The first-order chi connectivity index (χ1) is 11.2. The Morgan fingerprint density at radius 2 is 2.17 bits per heavy atom. The minimum Gasteiger partial charge on any atom is -0.494 e. The number of amides is 1. The fourth-order valence-corrected chi connectivity index (χ4v) is 2.89. The average Bonchev–Trinajstić information content (AvgIpc) is 3.08. The first-order valence-electron chi connectivity index (χ1n) is 7.64. The quantitative estimate of drug-likeness (QED) is 0.865. The van der Waals surface area contributed by atoms with E-state index in [4.69, 9.17) is 4.74 Å². The number of piperidine rings is 1. The van der Waals surface area contributed by atoms with E-state index < -0.39 is 5.82 Å². The van der Waals surface area contributed by atoms with Gasteiger partial charge in [-0.3, -0.25) is 9.48 Å². The van der Waals surface area contributed by atoms with E-state index >= 15 is 0 Å². The zero-order valence-corrected chi connectivity index (χ0v) is 13.0. The van der Waals surface area contributed by atoms with Crippen molar-refractivity contribution in [2.45, 2.75) is 19.4 Å². The summed E-state index contributed by atoms with van der Waals surface area (Å²) in [6, 6.07) is 4.23. The summed E-state index contributed by atoms with van der Waals surface area (Å²) in [6.07, 6.45) is 5.36. The van der Waals surface area contributed by atoms with Gasteiger partial charge in [-0.15, -0.1) is 5.10 Å². The van der Waals surface area contributed by atoms with Gasteiger partial charge in [0.1, 0.15) is 0 Å². The molecule has 1 aliphatic rings. The Hall–Kier alpha value is -2.44. The number of carbonyl (C=O) groups excluding carboxylic acids is 1. The number of carbonyl (C=O) groups is 1. The summed E-state index contributed by atoms with van der Waals surface area (Å²) in [5.41, 5.74) is 0.456. The van der Waals surface area contributed by atoms with Gasteiger partial charge in [0.15, 0.2) is 11.6 Å². The number of nitrogens with zero attached hydrogens (tertiary/aromatic N) is 4. The molecule has 1 fully saturated rings. The molecule has 2 aromatic rings. The lowest BCUT2D eigenvalue weighted by Gasteiger charge is -2.32. The van der Waals surface area contributed by atoms with Gasteiger partial charge in [0.05, 0.1) is 13.3 Å². The van der Waals surface area contributed by atoms with Crippen molar-refractivity contribution in [1.29, 1.82) is 0 Å². The molecular formula is C16H19FN4O2. The van der Waals surface area contributed by atoms with E-state index in [1.165, 1.54) is 25.3 Å². The van der Waals surface area contributed by atoms with E-state index in [1.54, 1.807) is 6.20 Å². The third-order valence-corrected chi connectivity index (χ3v) is 4.22. The molecule has 2 heterocycles. The maximum absolute atomic E-state index is 13.4. The number of hydrogen-bond donors (Lipinski definition) is 0. The van der Waals surface area contributed by atoms with Crippen LogP contribution in [0.15, 0.2) is 30.6 Å². The fraction of sp³-hybridized carbons (Fsp3) is 0.438. The second kappa shape index (κ2) is 6.76. The molecule has 1 aromatic carbocycles. The largest absolute Gasteiger partial charge is 0.494 e. The van der Waals surface area contributed by atoms with E-state index in [9.17, 15) is 9.18 Å². The van der Waals surface area contributed by atoms with Gasteiger partial charge in [0, 0.05) is 31.4 Å². The van der Waals surface area contributed by atoms with E-state index in [0.717, 1.165) is 19.4 Å². The number of aromatic nitrogens is 3. The minimum atomic E-state index is -0.462. The van der Waals surface area contributed by atoms with Crippen LogP contribution in [-0.4, -0.2) is 46.0 Å². The van der Waals surface area contributed by atoms with E-state index in [1.807, 2.05) is 15.8 Å². The first-order valence-corrected chi connectivity index (χ1v) is 7.64. The number of halogens is 1. The topological polar surface area (TPSA) is 60.2 Å². The molecule has 6 nitrogen and oxygen atoms in total. The predicted octanol–water partition coefficient (Wildman–Crippen LogP) is 1.98. The summed E-state index contributed by atoms with van der Waals surface area (Å²) in [5.74, 6) is 0.0403. The molecule has 0 N–H and O–H groups in total. The zero-order chi connectivity index (χ0) is 16.2. The normalized spacial score (nSPS) is 15.7. The Balaban J connectivity index is 1.59. The predicted molar refractivity (Wildman–Crippen MR) is 81.6 cm³/mol. The van der Waals surface area contributed by atoms with Crippen molar-refractivity contribution in [1.82, 2.24) is 19.9 Å². The van der Waals surface area contributed by atoms with Crippen molar-refractivity contribution in [2.75, 3.05) is 20.2 Å². The lowest BCUT2D eigenvalue weighted by Crippen LogP contribution is -2.39. The molecule has 0 atom stereocenters. The summed E-state index contributed by atoms with van der Waals surface area (Å²) in [4.78, 5) is 14.3. The smallest absolute Gasteiger partial charge is 0.253 e. The lowest BCUT2D eigenvalue weighted by atomic mass is 9.96. The molecule has 122 valence electrons. The zero-order valence-electron chi connectivity index (χ0n) is 13.0. The summed E-state index contributed by atoms with van der Waals surface area (Å²) in [6.45, 7) is 2.21. The second-order valence-corrected chi connectivity index (χ2v) is 5.71. The van der Waals surface area contributed by atoms with Gasteiger partial charge in [0.2, 0.25) is 0 Å². The highest BCUT2D eigenvalue weighted by Gasteiger charge is 2.24. The first kappa shape index (κ1) is 15.5. The summed E-state index contributed by atoms with van der Waals surface area (Å²) >= 11 is 0. The van der Waals surface area contributed by atoms with Crippen LogP contribution in [0.1, 0.15) is 23.2 Å². The van der Waals surface area contributed by atoms with Crippen molar-refractivity contribution in [3.63, 3.8) is 0 Å². The Bertz CT molecular complexity index is 667. The summed E-state index contributed by atoms with van der Waals surface area (Å²) in [7, 11) is 1.39. The molecule has 1 saturated heterocycles. The molecule has 0 bridgehead atoms. The van der Waals surface area contributed by atoms with Crippen molar-refractivity contribution in [2.24, 2.45) is 5.92 Å². The molecular weight excluding hydrogens is 299 g/mol. The van der Waals surface area contributed by atoms with Gasteiger partial charge in [-0.2, -0.15) is 0 Å². The van der Waals surface area contributed by atoms with Crippen LogP contribution in [-0.2, 0) is 6.54 Å². The van der Waals surface area contributed by atoms with Gasteiger partial charge in [-0.1, -0.05) is 5.21 Å². The molecule has 0 radical (unpaired) electrons. The SMILES string of the molecule is COc1cc(C(=O)N2CCC(Cn3ccnn3)CC2)ccc1F. The average molecular weight is 318 g/mol. The van der Waals surface area contributed by atoms with Gasteiger partial charge < -0.3 is 9.64 Å². The molecule has 0 unspecified atom stereocenters. The van der Waals surface area contributed by atoms with E-state index in [-0.39, 0.29) is 11.7 Å². The van der Waals surface area contributed by atoms with Crippen molar-refractivity contribution in [3.05, 3.63) is 42.0 Å². The van der Waals surface area contributed by atoms with Gasteiger partial charge in [0.25, 0.3) is 5.91 Å². The fourth-order valence-electron chi connectivity index (χ4n) is 2.89. The number of likely N-dealkylation sites (tertiary alicyclic amines) is 1. The van der Waals surface area contributed by atoms with Crippen molar-refractivity contribution < 1.29 is 13.9 Å². The lowest BCUT2D eigenvalue weighted by molar-refractivity contribution is 0.0680. The van der Waals surface area contributed by atoms with E-state index in [2.05, 4.69) is 10.3 Å². The maximum Gasteiger partial charge on any atom is 0.253 e. The van der Waals surface area contributed by atoms with E-state index in [0.29, 0.717) is 24.6 Å². The van der Waals surface area contributed by atoms with Crippen LogP contribution in [0.4, 0.5) is 4.39 Å². The van der Waals surface area contributed by atoms with Gasteiger partial charge >= 0.3 is 0 Å². The Morgan fingerprint density at radius 3 is 2.83 bits per heavy atom. The van der Waals surface area contributed by atoms with Crippen LogP contribution in [0.25, 0.3) is 0 Å². The van der Waals surface area contributed by atoms with Crippen LogP contribution in [0.5, 0.6) is 5.75 Å². The Labute approximate surface area is 133 Å². The molecule has 1 aromatic heterocycles. The molecule has 3 rings (SSSR count). The third-order valence-electron chi connectivity index (χ3n) is 4.22. The molecule has 0 aliphatic carbocycles. The standard InChI is InChI=1S/C16H19FN4O2/c1-23-15-10-13(2-3-14(15)17)16(22)20-7-4-12(5-8-20)11-21-9-6-18-19-21/h2-3,6,9-10,12H,4-5,7-8,11H2,1H3. The Kier molecular flexibility index (Phi) is 4.55. The molecule has 1 amide bonds.